The van der Waals surface area contributed by atoms with Gasteiger partial charge in [0.05, 0.1) is 11.7 Å². The molecule has 0 radical (unpaired) electrons. The molecular formula is C13H22N2S. The SMILES string of the molecule is CCC(NC1CC1)c1nc(C(C)(C)C)cs1. The third kappa shape index (κ3) is 2.83. The fourth-order valence-electron chi connectivity index (χ4n) is 1.69. The lowest BCUT2D eigenvalue weighted by Crippen LogP contribution is -2.23. The molecule has 0 spiro atoms. The molecule has 1 aliphatic rings. The largest absolute Gasteiger partial charge is 0.305 e. The van der Waals surface area contributed by atoms with Crippen molar-refractivity contribution in [2.45, 2.75) is 64.5 Å². The lowest BCUT2D eigenvalue weighted by atomic mass is 9.93. The van der Waals surface area contributed by atoms with Crippen molar-refractivity contribution >= 4 is 11.3 Å². The summed E-state index contributed by atoms with van der Waals surface area (Å²) in [5.41, 5.74) is 1.40. The van der Waals surface area contributed by atoms with Crippen molar-refractivity contribution in [3.05, 3.63) is 16.1 Å². The lowest BCUT2D eigenvalue weighted by Gasteiger charge is -2.16. The predicted molar refractivity (Wildman–Crippen MR) is 70.0 cm³/mol. The van der Waals surface area contributed by atoms with E-state index in [2.05, 4.69) is 38.4 Å². The number of thiazole rings is 1. The van der Waals surface area contributed by atoms with E-state index in [0.29, 0.717) is 6.04 Å². The molecule has 16 heavy (non-hydrogen) atoms. The number of hydrogen-bond acceptors (Lipinski definition) is 3. The zero-order chi connectivity index (χ0) is 11.8. The van der Waals surface area contributed by atoms with E-state index < -0.39 is 0 Å². The first-order valence-electron chi connectivity index (χ1n) is 6.22. The maximum Gasteiger partial charge on any atom is 0.110 e. The van der Waals surface area contributed by atoms with E-state index in [4.69, 9.17) is 4.98 Å². The van der Waals surface area contributed by atoms with Crippen LogP contribution < -0.4 is 5.32 Å². The molecule has 1 atom stereocenters. The molecule has 2 nitrogen and oxygen atoms in total. The molecule has 0 aromatic carbocycles. The van der Waals surface area contributed by atoms with Crippen molar-refractivity contribution in [2.24, 2.45) is 0 Å². The molecule has 2 rings (SSSR count). The highest BCUT2D eigenvalue weighted by Crippen LogP contribution is 2.30. The van der Waals surface area contributed by atoms with Gasteiger partial charge in [0.25, 0.3) is 0 Å². The quantitative estimate of drug-likeness (QED) is 0.866. The van der Waals surface area contributed by atoms with Crippen molar-refractivity contribution in [1.29, 1.82) is 0 Å². The van der Waals surface area contributed by atoms with Crippen LogP contribution in [0.5, 0.6) is 0 Å². The first kappa shape index (κ1) is 12.1. The topological polar surface area (TPSA) is 24.9 Å². The zero-order valence-electron chi connectivity index (χ0n) is 10.7. The van der Waals surface area contributed by atoms with Crippen LogP contribution in [0.15, 0.2) is 5.38 Å². The molecule has 1 N–H and O–H groups in total. The average molecular weight is 238 g/mol. The molecule has 90 valence electrons. The van der Waals surface area contributed by atoms with Gasteiger partial charge in [-0.3, -0.25) is 0 Å². The molecule has 1 aromatic heterocycles. The molecule has 1 heterocycles. The highest BCUT2D eigenvalue weighted by Gasteiger charge is 2.27. The Balaban J connectivity index is 2.09. The Hall–Kier alpha value is -0.410. The highest BCUT2D eigenvalue weighted by atomic mass is 32.1. The Labute approximate surface area is 102 Å². The van der Waals surface area contributed by atoms with Gasteiger partial charge >= 0.3 is 0 Å². The fourth-order valence-corrected chi connectivity index (χ4v) is 2.88. The molecule has 1 saturated carbocycles. The second kappa shape index (κ2) is 4.46. The van der Waals surface area contributed by atoms with Crippen LogP contribution in [0.4, 0.5) is 0 Å². The Morgan fingerprint density at radius 1 is 1.50 bits per heavy atom. The fraction of sp³-hybridized carbons (Fsp3) is 0.769. The Kier molecular flexibility index (Phi) is 3.36. The molecule has 3 heteroatoms. The van der Waals surface area contributed by atoms with Crippen molar-refractivity contribution in [3.8, 4) is 0 Å². The van der Waals surface area contributed by atoms with Gasteiger partial charge in [-0.1, -0.05) is 27.7 Å². The summed E-state index contributed by atoms with van der Waals surface area (Å²) in [6.07, 6.45) is 3.82. The number of nitrogens with one attached hydrogen (secondary N) is 1. The first-order chi connectivity index (χ1) is 7.50. The van der Waals surface area contributed by atoms with Gasteiger partial charge in [-0.25, -0.2) is 4.98 Å². The summed E-state index contributed by atoms with van der Waals surface area (Å²) in [5, 5.41) is 7.15. The molecular weight excluding hydrogens is 216 g/mol. The van der Waals surface area contributed by atoms with E-state index in [-0.39, 0.29) is 5.41 Å². The summed E-state index contributed by atoms with van der Waals surface area (Å²) in [5.74, 6) is 0. The molecule has 0 amide bonds. The minimum absolute atomic E-state index is 0.173. The van der Waals surface area contributed by atoms with Crippen molar-refractivity contribution in [2.75, 3.05) is 0 Å². The van der Waals surface area contributed by atoms with Crippen LogP contribution in [-0.2, 0) is 5.41 Å². The van der Waals surface area contributed by atoms with Crippen LogP contribution >= 0.6 is 11.3 Å². The van der Waals surface area contributed by atoms with Gasteiger partial charge in [0, 0.05) is 16.8 Å². The van der Waals surface area contributed by atoms with E-state index >= 15 is 0 Å². The summed E-state index contributed by atoms with van der Waals surface area (Å²) in [7, 11) is 0. The maximum absolute atomic E-state index is 4.79. The van der Waals surface area contributed by atoms with Crippen LogP contribution in [0.3, 0.4) is 0 Å². The summed E-state index contributed by atoms with van der Waals surface area (Å²) < 4.78 is 0. The first-order valence-corrected chi connectivity index (χ1v) is 7.10. The number of aromatic nitrogens is 1. The highest BCUT2D eigenvalue weighted by molar-refractivity contribution is 7.09. The molecule has 0 aliphatic heterocycles. The van der Waals surface area contributed by atoms with Gasteiger partial charge in [0.2, 0.25) is 0 Å². The summed E-state index contributed by atoms with van der Waals surface area (Å²) in [6, 6.07) is 1.22. The van der Waals surface area contributed by atoms with E-state index in [1.165, 1.54) is 23.5 Å². The van der Waals surface area contributed by atoms with E-state index in [1.54, 1.807) is 11.3 Å². The molecule has 1 fully saturated rings. The molecule has 0 saturated heterocycles. The van der Waals surface area contributed by atoms with Gasteiger partial charge in [0.1, 0.15) is 5.01 Å². The maximum atomic E-state index is 4.79. The normalized spacial score (nSPS) is 18.8. The number of hydrogen-bond donors (Lipinski definition) is 1. The van der Waals surface area contributed by atoms with Crippen molar-refractivity contribution < 1.29 is 0 Å². The van der Waals surface area contributed by atoms with Crippen molar-refractivity contribution in [1.82, 2.24) is 10.3 Å². The lowest BCUT2D eigenvalue weighted by molar-refractivity contribution is 0.506. The summed E-state index contributed by atoms with van der Waals surface area (Å²) in [4.78, 5) is 4.79. The van der Waals surface area contributed by atoms with Gasteiger partial charge in [-0.15, -0.1) is 11.3 Å². The third-order valence-corrected chi connectivity index (χ3v) is 3.97. The van der Waals surface area contributed by atoms with Crippen molar-refractivity contribution in [3.63, 3.8) is 0 Å². The second-order valence-electron chi connectivity index (χ2n) is 5.72. The Bertz CT molecular complexity index is 347. The average Bonchev–Trinajstić information content (AvgIpc) is 2.87. The number of rotatable bonds is 4. The van der Waals surface area contributed by atoms with Crippen LogP contribution in [-0.4, -0.2) is 11.0 Å². The van der Waals surface area contributed by atoms with E-state index in [9.17, 15) is 0 Å². The molecule has 0 bridgehead atoms. The molecule has 1 unspecified atom stereocenters. The Morgan fingerprint density at radius 3 is 2.62 bits per heavy atom. The standard InChI is InChI=1S/C13H22N2S/c1-5-10(14-9-6-7-9)12-15-11(8-16-12)13(2,3)4/h8-10,14H,5-7H2,1-4H3. The van der Waals surface area contributed by atoms with Gasteiger partial charge in [0.15, 0.2) is 0 Å². The monoisotopic (exact) mass is 238 g/mol. The predicted octanol–water partition coefficient (Wildman–Crippen LogP) is 3.64. The minimum atomic E-state index is 0.173. The molecule has 1 aromatic rings. The van der Waals surface area contributed by atoms with Gasteiger partial charge < -0.3 is 5.32 Å². The molecule has 1 aliphatic carbocycles. The smallest absolute Gasteiger partial charge is 0.110 e. The summed E-state index contributed by atoms with van der Waals surface area (Å²) >= 11 is 1.81. The van der Waals surface area contributed by atoms with Crippen LogP contribution in [0.25, 0.3) is 0 Å². The zero-order valence-corrected chi connectivity index (χ0v) is 11.5. The second-order valence-corrected chi connectivity index (χ2v) is 6.61. The van der Waals surface area contributed by atoms with Gasteiger partial charge in [-0.2, -0.15) is 0 Å². The third-order valence-electron chi connectivity index (χ3n) is 3.01. The minimum Gasteiger partial charge on any atom is -0.305 e. The van der Waals surface area contributed by atoms with Crippen LogP contribution in [0.2, 0.25) is 0 Å². The van der Waals surface area contributed by atoms with E-state index in [0.717, 1.165) is 12.5 Å². The van der Waals surface area contributed by atoms with Crippen LogP contribution in [0.1, 0.15) is 63.7 Å². The summed E-state index contributed by atoms with van der Waals surface area (Å²) in [6.45, 7) is 8.90. The Morgan fingerprint density at radius 2 is 2.19 bits per heavy atom. The number of nitrogens with zero attached hydrogens (tertiary/aromatic N) is 1. The van der Waals surface area contributed by atoms with E-state index in [1.807, 2.05) is 0 Å². The van der Waals surface area contributed by atoms with Crippen LogP contribution in [0, 0.1) is 0 Å². The van der Waals surface area contributed by atoms with Gasteiger partial charge in [-0.05, 0) is 19.3 Å².